The molecule has 1 saturated heterocycles. The molecule has 0 spiro atoms. The van der Waals surface area contributed by atoms with Crippen LogP contribution in [0.3, 0.4) is 0 Å². The molecule has 1 amide bonds. The summed E-state index contributed by atoms with van der Waals surface area (Å²) in [6.45, 7) is 0.433. The fourth-order valence-electron chi connectivity index (χ4n) is 4.07. The van der Waals surface area contributed by atoms with Crippen LogP contribution in [0.25, 0.3) is 27.3 Å². The number of methoxy groups -OCH3 is 1. The number of carbonyl (C=O) groups is 2. The number of nitrogens with zero attached hydrogens (tertiary/aromatic N) is 1. The number of carbonyl (C=O) groups excluding carboxylic acids is 1. The van der Waals surface area contributed by atoms with Crippen LogP contribution in [0.2, 0.25) is 0 Å². The lowest BCUT2D eigenvalue weighted by Crippen LogP contribution is -2.30. The van der Waals surface area contributed by atoms with E-state index in [2.05, 4.69) is 29.6 Å². The molecule has 0 radical (unpaired) electrons. The number of hydrogen-bond donors (Lipinski definition) is 1. The van der Waals surface area contributed by atoms with Gasteiger partial charge in [-0.25, -0.2) is 4.79 Å². The zero-order chi connectivity index (χ0) is 25.2. The summed E-state index contributed by atoms with van der Waals surface area (Å²) in [5.74, 6) is -0.315. The number of rotatable bonds is 7. The highest BCUT2D eigenvalue weighted by Crippen LogP contribution is 2.37. The van der Waals surface area contributed by atoms with Crippen molar-refractivity contribution < 1.29 is 19.4 Å². The van der Waals surface area contributed by atoms with Crippen molar-refractivity contribution >= 4 is 67.7 Å². The first kappa shape index (κ1) is 24.2. The second kappa shape index (κ2) is 10.3. The molecule has 0 unspecified atom stereocenters. The highest BCUT2D eigenvalue weighted by molar-refractivity contribution is 8.26. The van der Waals surface area contributed by atoms with Crippen LogP contribution in [-0.4, -0.2) is 39.9 Å². The topological polar surface area (TPSA) is 66.8 Å². The van der Waals surface area contributed by atoms with Gasteiger partial charge < -0.3 is 9.84 Å². The van der Waals surface area contributed by atoms with Crippen LogP contribution in [0.15, 0.2) is 77.0 Å². The zero-order valence-electron chi connectivity index (χ0n) is 19.3. The standard InChI is InChI=1S/C28H21NO4S3/c1-33-23-8-4-18(14-22(23)20-7-9-24-21(16-20)11-13-35-24)15-25-26(30)29(28(34)36-25)12-10-17-2-5-19(6-3-17)27(31)32/h2-9,11,13-16H,10,12H2,1H3,(H,31,32)/b25-15-. The largest absolute Gasteiger partial charge is 0.496 e. The van der Waals surface area contributed by atoms with E-state index in [1.54, 1.807) is 47.6 Å². The molecule has 5 nitrogen and oxygen atoms in total. The molecule has 0 bridgehead atoms. The van der Waals surface area contributed by atoms with Crippen LogP contribution in [0.4, 0.5) is 0 Å². The third kappa shape index (κ3) is 4.93. The highest BCUT2D eigenvalue weighted by atomic mass is 32.2. The Balaban J connectivity index is 1.36. The summed E-state index contributed by atoms with van der Waals surface area (Å²) in [5, 5.41) is 12.3. The molecule has 3 aromatic carbocycles. The maximum absolute atomic E-state index is 13.1. The number of hydrogen-bond acceptors (Lipinski definition) is 6. The van der Waals surface area contributed by atoms with Crippen molar-refractivity contribution in [2.24, 2.45) is 0 Å². The molecule has 1 aliphatic rings. The number of aromatic carboxylic acids is 1. The Morgan fingerprint density at radius 3 is 2.64 bits per heavy atom. The molecular weight excluding hydrogens is 511 g/mol. The second-order valence-corrected chi connectivity index (χ2v) is 10.8. The third-order valence-corrected chi connectivity index (χ3v) is 8.26. The number of benzene rings is 3. The molecule has 1 N–H and O–H groups in total. The molecule has 8 heteroatoms. The Morgan fingerprint density at radius 2 is 1.89 bits per heavy atom. The number of thioether (sulfide) groups is 1. The fraction of sp³-hybridized carbons (Fsp3) is 0.107. The summed E-state index contributed by atoms with van der Waals surface area (Å²) in [6.07, 6.45) is 2.45. The molecule has 0 aliphatic carbocycles. The predicted molar refractivity (Wildman–Crippen MR) is 151 cm³/mol. The minimum Gasteiger partial charge on any atom is -0.496 e. The highest BCUT2D eigenvalue weighted by Gasteiger charge is 2.31. The zero-order valence-corrected chi connectivity index (χ0v) is 21.7. The normalized spacial score (nSPS) is 14.7. The van der Waals surface area contributed by atoms with Crippen molar-refractivity contribution in [1.29, 1.82) is 0 Å². The van der Waals surface area contributed by atoms with Gasteiger partial charge in [-0.05, 0) is 82.4 Å². The number of fused-ring (bicyclic) bond motifs is 1. The minimum atomic E-state index is -0.961. The minimum absolute atomic E-state index is 0.121. The molecule has 1 aliphatic heterocycles. The lowest BCUT2D eigenvalue weighted by Gasteiger charge is -2.14. The molecule has 0 atom stereocenters. The molecule has 1 aromatic heterocycles. The van der Waals surface area contributed by atoms with Gasteiger partial charge in [-0.3, -0.25) is 9.69 Å². The van der Waals surface area contributed by atoms with E-state index in [1.807, 2.05) is 24.3 Å². The molecule has 1 fully saturated rings. The lowest BCUT2D eigenvalue weighted by atomic mass is 10.0. The number of carboxylic acids is 1. The van der Waals surface area contributed by atoms with Crippen LogP contribution in [0, 0.1) is 0 Å². The monoisotopic (exact) mass is 531 g/mol. The molecule has 36 heavy (non-hydrogen) atoms. The quantitative estimate of drug-likeness (QED) is 0.211. The van der Waals surface area contributed by atoms with Gasteiger partial charge in [0.1, 0.15) is 10.1 Å². The van der Waals surface area contributed by atoms with Gasteiger partial charge in [0.2, 0.25) is 0 Å². The molecular formula is C28H21NO4S3. The molecule has 0 saturated carbocycles. The first-order chi connectivity index (χ1) is 17.4. The van der Waals surface area contributed by atoms with E-state index < -0.39 is 5.97 Å². The van der Waals surface area contributed by atoms with E-state index in [0.29, 0.717) is 22.2 Å². The summed E-state index contributed by atoms with van der Waals surface area (Å²) in [4.78, 5) is 26.3. The molecule has 4 aromatic rings. The van der Waals surface area contributed by atoms with Gasteiger partial charge >= 0.3 is 5.97 Å². The van der Waals surface area contributed by atoms with Crippen molar-refractivity contribution in [2.45, 2.75) is 6.42 Å². The van der Waals surface area contributed by atoms with Gasteiger partial charge in [0.15, 0.2) is 0 Å². The summed E-state index contributed by atoms with van der Waals surface area (Å²) >= 11 is 8.49. The SMILES string of the molecule is COc1ccc(/C=C2\SC(=S)N(CCc3ccc(C(=O)O)cc3)C2=O)cc1-c1ccc2sccc2c1. The number of amides is 1. The van der Waals surface area contributed by atoms with Gasteiger partial charge in [0.25, 0.3) is 5.91 Å². The van der Waals surface area contributed by atoms with Crippen LogP contribution >= 0.6 is 35.3 Å². The van der Waals surface area contributed by atoms with Gasteiger partial charge in [-0.2, -0.15) is 0 Å². The predicted octanol–water partition coefficient (Wildman–Crippen LogP) is 6.72. The van der Waals surface area contributed by atoms with Gasteiger partial charge in [0, 0.05) is 16.8 Å². The van der Waals surface area contributed by atoms with Crippen molar-refractivity contribution in [3.63, 3.8) is 0 Å². The van der Waals surface area contributed by atoms with Crippen LogP contribution in [0.1, 0.15) is 21.5 Å². The first-order valence-electron chi connectivity index (χ1n) is 11.2. The van der Waals surface area contributed by atoms with E-state index in [9.17, 15) is 9.59 Å². The van der Waals surface area contributed by atoms with Crippen LogP contribution in [-0.2, 0) is 11.2 Å². The maximum Gasteiger partial charge on any atom is 0.335 e. The van der Waals surface area contributed by atoms with E-state index in [4.69, 9.17) is 22.1 Å². The van der Waals surface area contributed by atoms with Crippen molar-refractivity contribution in [3.8, 4) is 16.9 Å². The van der Waals surface area contributed by atoms with E-state index in [0.717, 1.165) is 28.0 Å². The number of thiocarbonyl (C=S) groups is 1. The van der Waals surface area contributed by atoms with Crippen LogP contribution in [0.5, 0.6) is 5.75 Å². The van der Waals surface area contributed by atoms with Gasteiger partial charge in [0.05, 0.1) is 17.6 Å². The lowest BCUT2D eigenvalue weighted by molar-refractivity contribution is -0.122. The van der Waals surface area contributed by atoms with Crippen molar-refractivity contribution in [3.05, 3.63) is 93.7 Å². The number of ether oxygens (including phenoxy) is 1. The van der Waals surface area contributed by atoms with E-state index >= 15 is 0 Å². The van der Waals surface area contributed by atoms with Crippen molar-refractivity contribution in [1.82, 2.24) is 4.90 Å². The molecule has 2 heterocycles. The van der Waals surface area contributed by atoms with Crippen molar-refractivity contribution in [2.75, 3.05) is 13.7 Å². The molecule has 5 rings (SSSR count). The van der Waals surface area contributed by atoms with E-state index in [1.165, 1.54) is 21.8 Å². The van der Waals surface area contributed by atoms with Crippen LogP contribution < -0.4 is 4.74 Å². The summed E-state index contributed by atoms with van der Waals surface area (Å²) < 4.78 is 7.37. The number of thiophene rings is 1. The van der Waals surface area contributed by atoms with Gasteiger partial charge in [-0.15, -0.1) is 11.3 Å². The smallest absolute Gasteiger partial charge is 0.335 e. The van der Waals surface area contributed by atoms with Gasteiger partial charge in [-0.1, -0.05) is 48.2 Å². The summed E-state index contributed by atoms with van der Waals surface area (Å²) in [5.41, 5.74) is 4.08. The Bertz CT molecular complexity index is 1520. The van der Waals surface area contributed by atoms with E-state index in [-0.39, 0.29) is 11.5 Å². The fourth-order valence-corrected chi connectivity index (χ4v) is 6.15. The Morgan fingerprint density at radius 1 is 1.08 bits per heavy atom. The maximum atomic E-state index is 13.1. The summed E-state index contributed by atoms with van der Waals surface area (Å²) in [7, 11) is 1.65. The average molecular weight is 532 g/mol. The Hall–Kier alpha value is -3.46. The number of carboxylic acid groups (broad SMARTS) is 1. The molecule has 180 valence electrons. The Labute approximate surface area is 222 Å². The third-order valence-electron chi connectivity index (χ3n) is 5.98. The average Bonchev–Trinajstić information content (AvgIpc) is 3.46. The first-order valence-corrected chi connectivity index (χ1v) is 13.3. The second-order valence-electron chi connectivity index (χ2n) is 8.22. The Kier molecular flexibility index (Phi) is 6.91. The summed E-state index contributed by atoms with van der Waals surface area (Å²) in [6, 6.07) is 21.0.